The average Bonchev–Trinajstić information content (AvgIpc) is 2.41. The number of hydrogen-bond acceptors (Lipinski definition) is 3. The number of nitrogens with zero attached hydrogens (tertiary/aromatic N) is 1. The molecular formula is C16H18FNO2. The van der Waals surface area contributed by atoms with Crippen LogP contribution in [0, 0.1) is 19.7 Å². The van der Waals surface area contributed by atoms with Gasteiger partial charge in [0.2, 0.25) is 0 Å². The van der Waals surface area contributed by atoms with E-state index in [4.69, 9.17) is 4.74 Å². The first-order valence-corrected chi connectivity index (χ1v) is 6.36. The van der Waals surface area contributed by atoms with Crippen LogP contribution in [0.2, 0.25) is 0 Å². The number of aromatic nitrogens is 1. The van der Waals surface area contributed by atoms with E-state index in [2.05, 4.69) is 4.98 Å². The molecule has 20 heavy (non-hydrogen) atoms. The molecule has 0 saturated carbocycles. The van der Waals surface area contributed by atoms with Crippen LogP contribution in [0.5, 0.6) is 5.75 Å². The second-order valence-corrected chi connectivity index (χ2v) is 5.07. The number of hydrogen-bond donors (Lipinski definition) is 1. The Balaban J connectivity index is 2.54. The van der Waals surface area contributed by atoms with Gasteiger partial charge in [0, 0.05) is 0 Å². The van der Waals surface area contributed by atoms with Gasteiger partial charge in [-0.3, -0.25) is 4.98 Å². The summed E-state index contributed by atoms with van der Waals surface area (Å²) in [6, 6.07) is 6.54. The Hall–Kier alpha value is -1.94. The molecule has 1 heterocycles. The highest BCUT2D eigenvalue weighted by Crippen LogP contribution is 2.33. The van der Waals surface area contributed by atoms with E-state index in [1.807, 2.05) is 26.0 Å². The molecule has 1 unspecified atom stereocenters. The lowest BCUT2D eigenvalue weighted by atomic mass is 9.87. The fourth-order valence-corrected chi connectivity index (χ4v) is 2.34. The first-order valence-electron chi connectivity index (χ1n) is 6.36. The van der Waals surface area contributed by atoms with E-state index in [9.17, 15) is 9.50 Å². The van der Waals surface area contributed by atoms with Crippen molar-refractivity contribution in [1.82, 2.24) is 4.98 Å². The second kappa shape index (κ2) is 5.21. The fraction of sp³-hybridized carbons (Fsp3) is 0.312. The van der Waals surface area contributed by atoms with Crippen LogP contribution in [0.15, 0.2) is 30.5 Å². The molecule has 0 bridgehead atoms. The number of pyridine rings is 1. The molecule has 0 fully saturated rings. The zero-order chi connectivity index (χ0) is 14.9. The van der Waals surface area contributed by atoms with E-state index in [0.29, 0.717) is 5.69 Å². The highest BCUT2D eigenvalue weighted by atomic mass is 19.1. The van der Waals surface area contributed by atoms with Gasteiger partial charge in [-0.25, -0.2) is 4.39 Å². The topological polar surface area (TPSA) is 42.4 Å². The van der Waals surface area contributed by atoms with E-state index < -0.39 is 11.4 Å². The Morgan fingerprint density at radius 1 is 1.20 bits per heavy atom. The molecule has 3 nitrogen and oxygen atoms in total. The minimum absolute atomic E-state index is 0.409. The van der Waals surface area contributed by atoms with Crippen molar-refractivity contribution in [3.8, 4) is 5.75 Å². The fourth-order valence-electron chi connectivity index (χ4n) is 2.34. The minimum atomic E-state index is -1.28. The van der Waals surface area contributed by atoms with Gasteiger partial charge < -0.3 is 9.84 Å². The van der Waals surface area contributed by atoms with Crippen molar-refractivity contribution in [2.24, 2.45) is 0 Å². The number of aliphatic hydroxyl groups is 1. The van der Waals surface area contributed by atoms with Crippen LogP contribution in [0.25, 0.3) is 0 Å². The number of aryl methyl sites for hydroxylation is 2. The molecule has 0 aliphatic rings. The normalized spacial score (nSPS) is 13.9. The molecule has 0 aliphatic heterocycles. The number of methoxy groups -OCH3 is 1. The van der Waals surface area contributed by atoms with Crippen LogP contribution in [-0.4, -0.2) is 17.2 Å². The van der Waals surface area contributed by atoms with Gasteiger partial charge >= 0.3 is 0 Å². The molecule has 2 rings (SSSR count). The van der Waals surface area contributed by atoms with E-state index in [0.717, 1.165) is 28.6 Å². The molecule has 1 N–H and O–H groups in total. The second-order valence-electron chi connectivity index (χ2n) is 5.07. The number of ether oxygens (including phenoxy) is 1. The molecule has 0 saturated heterocycles. The smallest absolute Gasteiger partial charge is 0.141 e. The Morgan fingerprint density at radius 2 is 1.90 bits per heavy atom. The third kappa shape index (κ3) is 2.51. The molecule has 106 valence electrons. The van der Waals surface area contributed by atoms with Crippen molar-refractivity contribution in [3.63, 3.8) is 0 Å². The van der Waals surface area contributed by atoms with Crippen LogP contribution < -0.4 is 4.74 Å². The van der Waals surface area contributed by atoms with Gasteiger partial charge in [-0.15, -0.1) is 0 Å². The van der Waals surface area contributed by atoms with Crippen molar-refractivity contribution >= 4 is 0 Å². The maximum absolute atomic E-state index is 13.0. The summed E-state index contributed by atoms with van der Waals surface area (Å²) in [6.07, 6.45) is 1.11. The van der Waals surface area contributed by atoms with Crippen molar-refractivity contribution < 1.29 is 14.2 Å². The lowest BCUT2D eigenvalue weighted by Gasteiger charge is -2.26. The summed E-state index contributed by atoms with van der Waals surface area (Å²) in [5.41, 5.74) is 1.68. The first-order chi connectivity index (χ1) is 9.36. The highest BCUT2D eigenvalue weighted by Gasteiger charge is 2.29. The molecule has 0 amide bonds. The SMILES string of the molecule is COc1cc(C)c(C(C)(O)c2ccc(F)cn2)cc1C. The van der Waals surface area contributed by atoms with Crippen LogP contribution >= 0.6 is 0 Å². The molecule has 0 spiro atoms. The molecule has 0 aliphatic carbocycles. The predicted molar refractivity (Wildman–Crippen MR) is 75.3 cm³/mol. The summed E-state index contributed by atoms with van der Waals surface area (Å²) < 4.78 is 18.2. The van der Waals surface area contributed by atoms with E-state index in [1.54, 1.807) is 14.0 Å². The molecule has 2 aromatic rings. The summed E-state index contributed by atoms with van der Waals surface area (Å²) >= 11 is 0. The van der Waals surface area contributed by atoms with Gasteiger partial charge in [0.15, 0.2) is 0 Å². The predicted octanol–water partition coefficient (Wildman–Crippen LogP) is 3.10. The van der Waals surface area contributed by atoms with E-state index in [1.165, 1.54) is 12.1 Å². The summed E-state index contributed by atoms with van der Waals surface area (Å²) in [7, 11) is 1.61. The standard InChI is InChI=1S/C16H18FNO2/c1-10-8-14(20-4)11(2)7-13(10)16(3,19)15-6-5-12(17)9-18-15/h5-9,19H,1-4H3. The van der Waals surface area contributed by atoms with Crippen LogP contribution in [-0.2, 0) is 5.60 Å². The Labute approximate surface area is 118 Å². The zero-order valence-corrected chi connectivity index (χ0v) is 12.1. The molecule has 4 heteroatoms. The molecular weight excluding hydrogens is 257 g/mol. The Morgan fingerprint density at radius 3 is 2.45 bits per heavy atom. The van der Waals surface area contributed by atoms with E-state index in [-0.39, 0.29) is 0 Å². The highest BCUT2D eigenvalue weighted by molar-refractivity contribution is 5.46. The van der Waals surface area contributed by atoms with Crippen molar-refractivity contribution in [2.75, 3.05) is 7.11 Å². The largest absolute Gasteiger partial charge is 0.496 e. The van der Waals surface area contributed by atoms with Crippen molar-refractivity contribution in [1.29, 1.82) is 0 Å². The monoisotopic (exact) mass is 275 g/mol. The third-order valence-corrected chi connectivity index (χ3v) is 3.49. The van der Waals surface area contributed by atoms with Crippen LogP contribution in [0.4, 0.5) is 4.39 Å². The maximum Gasteiger partial charge on any atom is 0.141 e. The van der Waals surface area contributed by atoms with Crippen LogP contribution in [0.1, 0.15) is 29.3 Å². The van der Waals surface area contributed by atoms with E-state index >= 15 is 0 Å². The lowest BCUT2D eigenvalue weighted by Crippen LogP contribution is -2.25. The molecule has 0 radical (unpaired) electrons. The summed E-state index contributed by atoms with van der Waals surface area (Å²) in [6.45, 7) is 5.46. The van der Waals surface area contributed by atoms with Crippen LogP contribution in [0.3, 0.4) is 0 Å². The summed E-state index contributed by atoms with van der Waals surface area (Å²) in [5, 5.41) is 10.8. The Kier molecular flexibility index (Phi) is 3.77. The quantitative estimate of drug-likeness (QED) is 0.936. The van der Waals surface area contributed by atoms with Gasteiger partial charge in [-0.05, 0) is 61.7 Å². The van der Waals surface area contributed by atoms with Crippen molar-refractivity contribution in [2.45, 2.75) is 26.4 Å². The molecule has 1 aromatic carbocycles. The number of halogens is 1. The number of rotatable bonds is 3. The van der Waals surface area contributed by atoms with Gasteiger partial charge in [-0.1, -0.05) is 0 Å². The number of benzene rings is 1. The third-order valence-electron chi connectivity index (χ3n) is 3.49. The van der Waals surface area contributed by atoms with Gasteiger partial charge in [0.1, 0.15) is 17.2 Å². The first kappa shape index (κ1) is 14.5. The minimum Gasteiger partial charge on any atom is -0.496 e. The molecule has 1 atom stereocenters. The van der Waals surface area contributed by atoms with Gasteiger partial charge in [0.05, 0.1) is 19.0 Å². The maximum atomic E-state index is 13.0. The average molecular weight is 275 g/mol. The van der Waals surface area contributed by atoms with Gasteiger partial charge in [0.25, 0.3) is 0 Å². The summed E-state index contributed by atoms with van der Waals surface area (Å²) in [4.78, 5) is 3.98. The Bertz CT molecular complexity index is 621. The van der Waals surface area contributed by atoms with Crippen molar-refractivity contribution in [3.05, 3.63) is 58.7 Å². The van der Waals surface area contributed by atoms with Gasteiger partial charge in [-0.2, -0.15) is 0 Å². The zero-order valence-electron chi connectivity index (χ0n) is 12.1. The summed E-state index contributed by atoms with van der Waals surface area (Å²) in [5.74, 6) is 0.348. The molecule has 1 aromatic heterocycles. The lowest BCUT2D eigenvalue weighted by molar-refractivity contribution is 0.0964.